The van der Waals surface area contributed by atoms with E-state index in [1.54, 1.807) is 0 Å². The van der Waals surface area contributed by atoms with Crippen molar-refractivity contribution in [2.24, 2.45) is 5.16 Å². The van der Waals surface area contributed by atoms with Gasteiger partial charge in [0.2, 0.25) is 0 Å². The van der Waals surface area contributed by atoms with E-state index in [2.05, 4.69) is 5.16 Å². The highest BCUT2D eigenvalue weighted by molar-refractivity contribution is 5.93. The van der Waals surface area contributed by atoms with Crippen LogP contribution in [0.2, 0.25) is 0 Å². The molecule has 0 unspecified atom stereocenters. The van der Waals surface area contributed by atoms with Gasteiger partial charge < -0.3 is 5.21 Å². The molecule has 0 amide bonds. The summed E-state index contributed by atoms with van der Waals surface area (Å²) in [6, 6.07) is 4.77. The molecule has 0 bridgehead atoms. The van der Waals surface area contributed by atoms with Crippen molar-refractivity contribution in [3.8, 4) is 0 Å². The maximum Gasteiger partial charge on any atom is 0.270 e. The van der Waals surface area contributed by atoms with E-state index in [4.69, 9.17) is 5.21 Å². The lowest BCUT2D eigenvalue weighted by Crippen LogP contribution is -1.94. The molecule has 0 aliphatic rings. The summed E-state index contributed by atoms with van der Waals surface area (Å²) in [4.78, 5) is 9.59. The highest BCUT2D eigenvalue weighted by Gasteiger charge is 2.09. The molecule has 1 aromatic rings. The van der Waals surface area contributed by atoms with Gasteiger partial charge in [0.25, 0.3) is 11.7 Å². The van der Waals surface area contributed by atoms with E-state index < -0.39 is 10.9 Å². The maximum absolute atomic E-state index is 12.6. The maximum atomic E-state index is 12.6. The second-order valence-corrected chi connectivity index (χ2v) is 2.20. The fourth-order valence-electron chi connectivity index (χ4n) is 0.806. The Balaban J connectivity index is 3.13. The van der Waals surface area contributed by atoms with Crippen LogP contribution in [0.15, 0.2) is 29.4 Å². The Labute approximate surface area is 72.3 Å². The lowest BCUT2D eigenvalue weighted by atomic mass is 10.2. The largest absolute Gasteiger partial charge is 0.408 e. The third-order valence-corrected chi connectivity index (χ3v) is 1.38. The lowest BCUT2D eigenvalue weighted by molar-refractivity contribution is -0.384. The molecular weight excluding hydrogens is 179 g/mol. The summed E-state index contributed by atoms with van der Waals surface area (Å²) < 4.78 is 12.6. The first kappa shape index (κ1) is 9.11. The molecule has 0 aromatic heterocycles. The minimum Gasteiger partial charge on any atom is -0.408 e. The third kappa shape index (κ3) is 1.98. The van der Waals surface area contributed by atoms with Gasteiger partial charge in [-0.25, -0.2) is 0 Å². The molecule has 0 radical (unpaired) electrons. The van der Waals surface area contributed by atoms with Gasteiger partial charge in [0.1, 0.15) is 0 Å². The summed E-state index contributed by atoms with van der Waals surface area (Å²) in [6.45, 7) is 0. The summed E-state index contributed by atoms with van der Waals surface area (Å²) >= 11 is 0. The van der Waals surface area contributed by atoms with Gasteiger partial charge in [-0.05, 0) is 6.07 Å². The smallest absolute Gasteiger partial charge is 0.270 e. The molecule has 5 nitrogen and oxygen atoms in total. The van der Waals surface area contributed by atoms with Crippen molar-refractivity contribution in [1.82, 2.24) is 0 Å². The summed E-state index contributed by atoms with van der Waals surface area (Å²) in [6.07, 6.45) is 0. The predicted molar refractivity (Wildman–Crippen MR) is 42.5 cm³/mol. The van der Waals surface area contributed by atoms with E-state index in [1.165, 1.54) is 18.2 Å². The molecule has 0 aliphatic heterocycles. The quantitative estimate of drug-likeness (QED) is 0.329. The molecule has 1 rings (SSSR count). The van der Waals surface area contributed by atoms with Gasteiger partial charge in [-0.3, -0.25) is 10.1 Å². The van der Waals surface area contributed by atoms with Crippen LogP contribution in [0.4, 0.5) is 10.1 Å². The molecule has 13 heavy (non-hydrogen) atoms. The number of nitro groups is 1. The number of rotatable bonds is 2. The van der Waals surface area contributed by atoms with Crippen molar-refractivity contribution >= 4 is 11.7 Å². The van der Waals surface area contributed by atoms with Crippen LogP contribution in [0.1, 0.15) is 5.56 Å². The average Bonchev–Trinajstić information content (AvgIpc) is 2.17. The first-order valence-electron chi connectivity index (χ1n) is 3.27. The Bertz CT molecular complexity index is 365. The highest BCUT2D eigenvalue weighted by Crippen LogP contribution is 2.13. The Hall–Kier alpha value is -1.98. The van der Waals surface area contributed by atoms with Gasteiger partial charge in [-0.1, -0.05) is 11.2 Å². The molecule has 68 valence electrons. The zero-order chi connectivity index (χ0) is 9.84. The summed E-state index contributed by atoms with van der Waals surface area (Å²) in [7, 11) is 0. The van der Waals surface area contributed by atoms with Crippen molar-refractivity contribution in [3.63, 3.8) is 0 Å². The Morgan fingerprint density at radius 3 is 2.85 bits per heavy atom. The van der Waals surface area contributed by atoms with Crippen molar-refractivity contribution in [1.29, 1.82) is 0 Å². The van der Waals surface area contributed by atoms with Crippen LogP contribution < -0.4 is 0 Å². The molecule has 1 N–H and O–H groups in total. The molecule has 0 heterocycles. The number of nitro benzene ring substituents is 1. The third-order valence-electron chi connectivity index (χ3n) is 1.38. The topological polar surface area (TPSA) is 75.7 Å². The van der Waals surface area contributed by atoms with Crippen LogP contribution >= 0.6 is 0 Å². The van der Waals surface area contributed by atoms with Crippen LogP contribution in [-0.2, 0) is 0 Å². The van der Waals surface area contributed by atoms with Crippen LogP contribution in [0.3, 0.4) is 0 Å². The molecule has 0 fully saturated rings. The molecular formula is C7H5FN2O3. The van der Waals surface area contributed by atoms with Gasteiger partial charge in [0.15, 0.2) is 0 Å². The molecule has 0 atom stereocenters. The summed E-state index contributed by atoms with van der Waals surface area (Å²) in [5.74, 6) is -1.15. The van der Waals surface area contributed by atoms with Crippen molar-refractivity contribution < 1.29 is 14.5 Å². The number of nitrogens with zero attached hydrogens (tertiary/aromatic N) is 2. The summed E-state index contributed by atoms with van der Waals surface area (Å²) in [5.41, 5.74) is -0.381. The highest BCUT2D eigenvalue weighted by atomic mass is 19.1. The van der Waals surface area contributed by atoms with E-state index in [-0.39, 0.29) is 11.3 Å². The fraction of sp³-hybridized carbons (Fsp3) is 0. The number of hydrogen-bond acceptors (Lipinski definition) is 4. The fourth-order valence-corrected chi connectivity index (χ4v) is 0.806. The van der Waals surface area contributed by atoms with Gasteiger partial charge in [0.05, 0.1) is 4.92 Å². The van der Waals surface area contributed by atoms with E-state index in [0.717, 1.165) is 6.07 Å². The first-order valence-corrected chi connectivity index (χ1v) is 3.27. The molecule has 0 aliphatic carbocycles. The molecule has 6 heteroatoms. The molecule has 1 aromatic carbocycles. The number of oxime groups is 1. The van der Waals surface area contributed by atoms with Crippen LogP contribution in [0.5, 0.6) is 0 Å². The Morgan fingerprint density at radius 1 is 1.62 bits per heavy atom. The minimum absolute atomic E-state index is 0.128. The molecule has 0 saturated heterocycles. The zero-order valence-electron chi connectivity index (χ0n) is 6.35. The number of hydrogen-bond donors (Lipinski definition) is 1. The SMILES string of the molecule is O=[N+]([O-])c1cccc(C(F)=NO)c1. The summed E-state index contributed by atoms with van der Waals surface area (Å²) in [5, 5.41) is 20.6. The minimum atomic E-state index is -1.15. The van der Waals surface area contributed by atoms with E-state index >= 15 is 0 Å². The van der Waals surface area contributed by atoms with E-state index in [9.17, 15) is 14.5 Å². The molecule has 0 saturated carbocycles. The van der Waals surface area contributed by atoms with Crippen molar-refractivity contribution in [2.45, 2.75) is 0 Å². The van der Waals surface area contributed by atoms with Crippen LogP contribution in [0.25, 0.3) is 0 Å². The van der Waals surface area contributed by atoms with Gasteiger partial charge in [0, 0.05) is 17.7 Å². The van der Waals surface area contributed by atoms with E-state index in [1.807, 2.05) is 0 Å². The second-order valence-electron chi connectivity index (χ2n) is 2.20. The normalized spacial score (nSPS) is 11.3. The van der Waals surface area contributed by atoms with Crippen LogP contribution in [-0.4, -0.2) is 16.1 Å². The van der Waals surface area contributed by atoms with Crippen molar-refractivity contribution in [3.05, 3.63) is 39.9 Å². The predicted octanol–water partition coefficient (Wildman–Crippen LogP) is 1.70. The van der Waals surface area contributed by atoms with Crippen LogP contribution in [0, 0.1) is 10.1 Å². The van der Waals surface area contributed by atoms with Crippen molar-refractivity contribution in [2.75, 3.05) is 0 Å². The zero-order valence-corrected chi connectivity index (χ0v) is 6.35. The first-order chi connectivity index (χ1) is 6.15. The van der Waals surface area contributed by atoms with Gasteiger partial charge >= 0.3 is 0 Å². The lowest BCUT2D eigenvalue weighted by Gasteiger charge is -1.94. The number of benzene rings is 1. The molecule has 0 spiro atoms. The van der Waals surface area contributed by atoms with E-state index in [0.29, 0.717) is 0 Å². The number of non-ortho nitro benzene ring substituents is 1. The monoisotopic (exact) mass is 184 g/mol. The standard InChI is InChI=1S/C7H5FN2O3/c8-7(9-11)5-2-1-3-6(4-5)10(12)13/h1-4,11H. The number of halogens is 1. The Morgan fingerprint density at radius 2 is 2.31 bits per heavy atom. The van der Waals surface area contributed by atoms with Gasteiger partial charge in [-0.15, -0.1) is 0 Å². The Kier molecular flexibility index (Phi) is 2.53. The second kappa shape index (κ2) is 3.61. The average molecular weight is 184 g/mol. The van der Waals surface area contributed by atoms with Gasteiger partial charge in [-0.2, -0.15) is 4.39 Å².